The van der Waals surface area contributed by atoms with Crippen molar-refractivity contribution in [1.29, 1.82) is 0 Å². The summed E-state index contributed by atoms with van der Waals surface area (Å²) in [5, 5.41) is 24.6. The summed E-state index contributed by atoms with van der Waals surface area (Å²) in [4.78, 5) is 12.3. The van der Waals surface area contributed by atoms with E-state index in [2.05, 4.69) is 5.32 Å². The molecule has 1 amide bonds. The van der Waals surface area contributed by atoms with E-state index >= 15 is 0 Å². The third kappa shape index (κ3) is 3.46. The molecule has 0 radical (unpaired) electrons. The molecule has 4 heteroatoms. The van der Waals surface area contributed by atoms with E-state index < -0.39 is 0 Å². The zero-order chi connectivity index (χ0) is 18.8. The number of anilines is 1. The van der Waals surface area contributed by atoms with E-state index in [9.17, 15) is 15.0 Å². The van der Waals surface area contributed by atoms with Crippen molar-refractivity contribution in [1.82, 2.24) is 0 Å². The summed E-state index contributed by atoms with van der Waals surface area (Å²) in [5.41, 5.74) is 2.65. The van der Waals surface area contributed by atoms with Gasteiger partial charge in [0.2, 0.25) is 0 Å². The van der Waals surface area contributed by atoms with Crippen LogP contribution in [0.2, 0.25) is 0 Å². The van der Waals surface area contributed by atoms with Crippen LogP contribution in [0.15, 0.2) is 84.9 Å². The molecule has 0 spiro atoms. The van der Waals surface area contributed by atoms with E-state index in [1.165, 1.54) is 0 Å². The lowest BCUT2D eigenvalue weighted by molar-refractivity contribution is 0.102. The van der Waals surface area contributed by atoms with Crippen LogP contribution in [-0.4, -0.2) is 16.1 Å². The molecule has 4 aromatic carbocycles. The molecule has 0 saturated carbocycles. The lowest BCUT2D eigenvalue weighted by atomic mass is 10.0. The summed E-state index contributed by atoms with van der Waals surface area (Å²) in [5.74, 6) is -0.0434. The molecule has 4 rings (SSSR count). The van der Waals surface area contributed by atoms with Gasteiger partial charge in [-0.15, -0.1) is 0 Å². The van der Waals surface area contributed by atoms with Crippen molar-refractivity contribution in [2.75, 3.05) is 5.32 Å². The first kappa shape index (κ1) is 16.7. The number of benzene rings is 4. The van der Waals surface area contributed by atoms with Crippen molar-refractivity contribution in [3.63, 3.8) is 0 Å². The smallest absolute Gasteiger partial charge is 0.255 e. The van der Waals surface area contributed by atoms with Crippen molar-refractivity contribution in [3.8, 4) is 22.6 Å². The van der Waals surface area contributed by atoms with Crippen LogP contribution >= 0.6 is 0 Å². The van der Waals surface area contributed by atoms with E-state index in [1.807, 2.05) is 36.4 Å². The number of carbonyl (C=O) groups excluding carboxylic acids is 1. The van der Waals surface area contributed by atoms with Gasteiger partial charge >= 0.3 is 0 Å². The number of hydrogen-bond acceptors (Lipinski definition) is 3. The summed E-state index contributed by atoms with van der Waals surface area (Å²) >= 11 is 0. The summed E-state index contributed by atoms with van der Waals surface area (Å²) in [6.45, 7) is 0. The minimum absolute atomic E-state index is 0.00239. The minimum atomic E-state index is -0.274. The van der Waals surface area contributed by atoms with Crippen LogP contribution in [0.4, 0.5) is 5.69 Å². The van der Waals surface area contributed by atoms with Crippen molar-refractivity contribution >= 4 is 22.4 Å². The molecule has 0 fully saturated rings. The molecule has 0 aliphatic carbocycles. The van der Waals surface area contributed by atoms with Gasteiger partial charge in [0, 0.05) is 5.56 Å². The van der Waals surface area contributed by atoms with Gasteiger partial charge in [-0.2, -0.15) is 0 Å². The molecule has 0 aliphatic rings. The average Bonchev–Trinajstić information content (AvgIpc) is 2.69. The number of carbonyl (C=O) groups is 1. The number of phenols is 2. The summed E-state index contributed by atoms with van der Waals surface area (Å²) < 4.78 is 0. The van der Waals surface area contributed by atoms with Crippen LogP contribution in [-0.2, 0) is 0 Å². The van der Waals surface area contributed by atoms with Gasteiger partial charge < -0.3 is 15.5 Å². The Hall–Kier alpha value is -3.79. The van der Waals surface area contributed by atoms with Gasteiger partial charge in [-0.3, -0.25) is 4.79 Å². The Labute approximate surface area is 156 Å². The standard InChI is InChI=1S/C23H17NO3/c25-20-10-8-17-12-16(6-7-18(17)13-20)19-9-11-21(22(26)14-19)24-23(27)15-4-2-1-3-5-15/h1-14,25-26H,(H,24,27). The zero-order valence-corrected chi connectivity index (χ0v) is 14.4. The number of aromatic hydroxyl groups is 2. The molecule has 27 heavy (non-hydrogen) atoms. The van der Waals surface area contributed by atoms with Crippen LogP contribution < -0.4 is 5.32 Å². The third-order valence-corrected chi connectivity index (χ3v) is 4.44. The topological polar surface area (TPSA) is 69.6 Å². The largest absolute Gasteiger partial charge is 0.508 e. The average molecular weight is 355 g/mol. The molecular weight excluding hydrogens is 338 g/mol. The van der Waals surface area contributed by atoms with Crippen LogP contribution in [0, 0.1) is 0 Å². The number of nitrogens with one attached hydrogen (secondary N) is 1. The number of hydrogen-bond donors (Lipinski definition) is 3. The van der Waals surface area contributed by atoms with Gasteiger partial charge in [0.05, 0.1) is 5.69 Å². The van der Waals surface area contributed by atoms with Crippen molar-refractivity contribution in [3.05, 3.63) is 90.5 Å². The lowest BCUT2D eigenvalue weighted by Crippen LogP contribution is -2.11. The van der Waals surface area contributed by atoms with Crippen LogP contribution in [0.5, 0.6) is 11.5 Å². The highest BCUT2D eigenvalue weighted by Gasteiger charge is 2.10. The number of rotatable bonds is 3. The summed E-state index contributed by atoms with van der Waals surface area (Å²) in [6, 6.07) is 25.1. The molecule has 0 saturated heterocycles. The molecule has 0 aliphatic heterocycles. The van der Waals surface area contributed by atoms with Crippen molar-refractivity contribution < 1.29 is 15.0 Å². The Bertz CT molecular complexity index is 1140. The van der Waals surface area contributed by atoms with Gasteiger partial charge in [0.1, 0.15) is 11.5 Å². The molecule has 0 heterocycles. The van der Waals surface area contributed by atoms with E-state index in [1.54, 1.807) is 48.5 Å². The number of amides is 1. The predicted octanol–water partition coefficient (Wildman–Crippen LogP) is 5.17. The Morgan fingerprint density at radius 1 is 0.704 bits per heavy atom. The third-order valence-electron chi connectivity index (χ3n) is 4.44. The monoisotopic (exact) mass is 355 g/mol. The Balaban J connectivity index is 1.62. The van der Waals surface area contributed by atoms with Crippen LogP contribution in [0.3, 0.4) is 0 Å². The molecule has 0 aromatic heterocycles. The predicted molar refractivity (Wildman–Crippen MR) is 107 cm³/mol. The number of fused-ring (bicyclic) bond motifs is 1. The molecule has 3 N–H and O–H groups in total. The molecule has 0 atom stereocenters. The van der Waals surface area contributed by atoms with Gasteiger partial charge in [0.15, 0.2) is 0 Å². The van der Waals surface area contributed by atoms with Crippen LogP contribution in [0.1, 0.15) is 10.4 Å². The zero-order valence-electron chi connectivity index (χ0n) is 14.4. The molecule has 4 aromatic rings. The maximum Gasteiger partial charge on any atom is 0.255 e. The lowest BCUT2D eigenvalue weighted by Gasteiger charge is -2.10. The van der Waals surface area contributed by atoms with Gasteiger partial charge in [0.25, 0.3) is 5.91 Å². The fraction of sp³-hybridized carbons (Fsp3) is 0. The normalized spacial score (nSPS) is 10.7. The Kier molecular flexibility index (Phi) is 4.22. The summed E-state index contributed by atoms with van der Waals surface area (Å²) in [7, 11) is 0. The fourth-order valence-corrected chi connectivity index (χ4v) is 3.01. The second kappa shape index (κ2) is 6.84. The molecular formula is C23H17NO3. The maximum absolute atomic E-state index is 12.3. The molecule has 0 bridgehead atoms. The van der Waals surface area contributed by atoms with E-state index in [0.29, 0.717) is 11.3 Å². The maximum atomic E-state index is 12.3. The fourth-order valence-electron chi connectivity index (χ4n) is 3.01. The molecule has 132 valence electrons. The SMILES string of the molecule is O=C(Nc1ccc(-c2ccc3cc(O)ccc3c2)cc1O)c1ccccc1. The number of phenolic OH excluding ortho intramolecular Hbond substituents is 2. The first-order valence-corrected chi connectivity index (χ1v) is 8.53. The highest BCUT2D eigenvalue weighted by atomic mass is 16.3. The Morgan fingerprint density at radius 3 is 2.15 bits per heavy atom. The van der Waals surface area contributed by atoms with Crippen LogP contribution in [0.25, 0.3) is 21.9 Å². The second-order valence-electron chi connectivity index (χ2n) is 6.30. The minimum Gasteiger partial charge on any atom is -0.508 e. The first-order chi connectivity index (χ1) is 13.1. The van der Waals surface area contributed by atoms with E-state index in [-0.39, 0.29) is 17.4 Å². The Morgan fingerprint density at radius 2 is 1.37 bits per heavy atom. The quantitative estimate of drug-likeness (QED) is 0.444. The van der Waals surface area contributed by atoms with Crippen molar-refractivity contribution in [2.45, 2.75) is 0 Å². The van der Waals surface area contributed by atoms with Gasteiger partial charge in [-0.1, -0.05) is 42.5 Å². The van der Waals surface area contributed by atoms with Crippen molar-refractivity contribution in [2.24, 2.45) is 0 Å². The first-order valence-electron chi connectivity index (χ1n) is 8.53. The van der Waals surface area contributed by atoms with E-state index in [4.69, 9.17) is 0 Å². The van der Waals surface area contributed by atoms with E-state index in [0.717, 1.165) is 21.9 Å². The van der Waals surface area contributed by atoms with Gasteiger partial charge in [-0.05, 0) is 64.4 Å². The molecule has 4 nitrogen and oxygen atoms in total. The highest BCUT2D eigenvalue weighted by molar-refractivity contribution is 6.05. The second-order valence-corrected chi connectivity index (χ2v) is 6.30. The summed E-state index contributed by atoms with van der Waals surface area (Å²) in [6.07, 6.45) is 0. The molecule has 0 unspecified atom stereocenters. The van der Waals surface area contributed by atoms with Gasteiger partial charge in [-0.25, -0.2) is 0 Å². The highest BCUT2D eigenvalue weighted by Crippen LogP contribution is 2.32.